The maximum absolute atomic E-state index is 17.2. The summed E-state index contributed by atoms with van der Waals surface area (Å²) in [5, 5.41) is 24.0. The van der Waals surface area contributed by atoms with Crippen molar-refractivity contribution < 1.29 is 47.3 Å². The lowest BCUT2D eigenvalue weighted by Gasteiger charge is -2.35. The van der Waals surface area contributed by atoms with Crippen molar-refractivity contribution >= 4 is 62.7 Å². The SMILES string of the molecule is C#Cc1c(F)ccc2cccc(-c3ncc4c(N5CC6CCC(C5)N6)nc(OCC56CCC(COC(O)NCCCCCCCC(=O)Nc7ccc8c(c7)C(=O)N(C7CCC(=O)NC7=O)C8=O)N5CC(=C)C6)nc4c3F)c12. The number of amides is 5. The van der Waals surface area contributed by atoms with Gasteiger partial charge in [-0.25, -0.2) is 8.78 Å². The second kappa shape index (κ2) is 21.6. The van der Waals surface area contributed by atoms with Gasteiger partial charge in [-0.2, -0.15) is 9.97 Å². The summed E-state index contributed by atoms with van der Waals surface area (Å²) in [4.78, 5) is 82.6. The fourth-order valence-corrected chi connectivity index (χ4v) is 12.3. The Morgan fingerprint density at radius 1 is 0.961 bits per heavy atom. The van der Waals surface area contributed by atoms with Crippen molar-refractivity contribution in [3.05, 3.63) is 95.2 Å². The van der Waals surface area contributed by atoms with Crippen LogP contribution >= 0.6 is 0 Å². The van der Waals surface area contributed by atoms with E-state index in [1.54, 1.807) is 36.5 Å². The molecule has 0 saturated carbocycles. The maximum atomic E-state index is 17.2. The highest BCUT2D eigenvalue weighted by molar-refractivity contribution is 6.24. The molecule has 5 amide bonds. The van der Waals surface area contributed by atoms with Gasteiger partial charge in [-0.15, -0.1) is 6.42 Å². The Balaban J connectivity index is 0.657. The highest BCUT2D eigenvalue weighted by Crippen LogP contribution is 2.45. The van der Waals surface area contributed by atoms with Gasteiger partial charge in [0.1, 0.15) is 35.5 Å². The molecule has 0 aliphatic carbocycles. The van der Waals surface area contributed by atoms with E-state index in [1.165, 1.54) is 18.2 Å². The van der Waals surface area contributed by atoms with Crippen LogP contribution < -0.4 is 30.9 Å². The van der Waals surface area contributed by atoms with Crippen LogP contribution in [0.3, 0.4) is 0 Å². The first-order valence-corrected chi connectivity index (χ1v) is 26.6. The lowest BCUT2D eigenvalue weighted by Crippen LogP contribution is -2.54. The molecule has 6 unspecified atom stereocenters. The molecule has 5 fully saturated rings. The van der Waals surface area contributed by atoms with E-state index < -0.39 is 53.3 Å². The van der Waals surface area contributed by atoms with Crippen molar-refractivity contribution in [1.29, 1.82) is 0 Å². The molecule has 3 aromatic carbocycles. The molecule has 0 spiro atoms. The van der Waals surface area contributed by atoms with E-state index in [2.05, 4.69) is 48.6 Å². The molecule has 5 aromatic rings. The number of imide groups is 2. The number of aromatic nitrogens is 3. The molecule has 5 N–H and O–H groups in total. The monoisotopic (exact) mass is 1050 g/mol. The van der Waals surface area contributed by atoms with Gasteiger partial charge < -0.3 is 30.1 Å². The summed E-state index contributed by atoms with van der Waals surface area (Å²) < 4.78 is 44.7. The number of hydrogen-bond donors (Lipinski definition) is 5. The highest BCUT2D eigenvalue weighted by atomic mass is 19.1. The largest absolute Gasteiger partial charge is 0.461 e. The van der Waals surface area contributed by atoms with E-state index in [4.69, 9.17) is 25.9 Å². The van der Waals surface area contributed by atoms with Crippen LogP contribution in [0.5, 0.6) is 6.01 Å². The zero-order chi connectivity index (χ0) is 53.5. The van der Waals surface area contributed by atoms with Crippen LogP contribution in [0.15, 0.2) is 66.9 Å². The Morgan fingerprint density at radius 2 is 1.75 bits per heavy atom. The van der Waals surface area contributed by atoms with Gasteiger partial charge in [0.2, 0.25) is 24.1 Å². The number of piperidine rings is 1. The number of halogens is 2. The van der Waals surface area contributed by atoms with Gasteiger partial charge in [0, 0.05) is 73.4 Å². The number of aliphatic hydroxyl groups is 1. The van der Waals surface area contributed by atoms with Gasteiger partial charge >= 0.3 is 6.01 Å². The zero-order valence-electron chi connectivity index (χ0n) is 42.5. The number of fused-ring (bicyclic) bond motifs is 6. The smallest absolute Gasteiger partial charge is 0.319 e. The number of carbonyl (C=O) groups excluding carboxylic acids is 5. The molecule has 6 atom stereocenters. The number of hydrogen-bond acceptors (Lipinski definition) is 15. The predicted molar refractivity (Wildman–Crippen MR) is 281 cm³/mol. The van der Waals surface area contributed by atoms with Gasteiger partial charge in [-0.3, -0.25) is 49.4 Å². The summed E-state index contributed by atoms with van der Waals surface area (Å²) in [6.07, 6.45) is 14.8. The molecular formula is C57H60F2N10O8. The van der Waals surface area contributed by atoms with E-state index in [1.807, 2.05) is 0 Å². The second-order valence-electron chi connectivity index (χ2n) is 21.2. The Morgan fingerprint density at radius 3 is 2.56 bits per heavy atom. The van der Waals surface area contributed by atoms with Gasteiger partial charge in [0.25, 0.3) is 11.8 Å². The highest BCUT2D eigenvalue weighted by Gasteiger charge is 2.51. The molecule has 18 nitrogen and oxygen atoms in total. The van der Waals surface area contributed by atoms with Crippen LogP contribution in [-0.2, 0) is 19.1 Å². The number of ether oxygens (including phenoxy) is 2. The first-order chi connectivity index (χ1) is 37.3. The number of carbonyl (C=O) groups is 5. The van der Waals surface area contributed by atoms with Crippen LogP contribution in [0.1, 0.15) is 110 Å². The standard InChI is InChI=1S/C57H60F2N10O8/c1-3-38-43(58)18-13-33-10-9-11-40(47(33)38)49-48(59)50-42(26-61-49)51(67-28-35-14-15-36(29-67)62-35)66-55(65-50)77-31-57-22-21-37(68(57)27-32(2)25-57)30-76-56(75)60-23-8-6-4-5-7-12-45(70)63-34-16-17-39-41(24-34)54(74)69(53(39)73)44-19-20-46(71)64-52(44)72/h1,9-11,13,16-18,24,26,35-37,44,56,60,62,75H,2,4-8,12,14-15,19-23,25,27-31H2,(H,63,70)(H,64,71,72). The molecule has 400 valence electrons. The molecule has 11 rings (SSSR count). The van der Waals surface area contributed by atoms with Crippen molar-refractivity contribution in [1.82, 2.24) is 40.7 Å². The Labute approximate surface area is 443 Å². The molecule has 5 saturated heterocycles. The van der Waals surface area contributed by atoms with E-state index in [0.29, 0.717) is 72.2 Å². The first-order valence-electron chi connectivity index (χ1n) is 26.6. The Hall–Kier alpha value is -7.28. The molecule has 0 radical (unpaired) electrons. The summed E-state index contributed by atoms with van der Waals surface area (Å²) in [6.45, 7) is 7.34. The number of nitrogens with one attached hydrogen (secondary N) is 4. The van der Waals surface area contributed by atoms with Gasteiger partial charge in [-0.1, -0.05) is 61.6 Å². The minimum absolute atomic E-state index is 0.00858. The lowest BCUT2D eigenvalue weighted by molar-refractivity contribution is -0.136. The van der Waals surface area contributed by atoms with Gasteiger partial charge in [0.05, 0.1) is 34.2 Å². The van der Waals surface area contributed by atoms with Crippen LogP contribution in [0.2, 0.25) is 0 Å². The third kappa shape index (κ3) is 10.3. The maximum Gasteiger partial charge on any atom is 0.319 e. The predicted octanol–water partition coefficient (Wildman–Crippen LogP) is 5.85. The fraction of sp³-hybridized carbons (Fsp3) is 0.439. The number of unbranched alkanes of at least 4 members (excludes halogenated alkanes) is 4. The first kappa shape index (κ1) is 51.8. The summed E-state index contributed by atoms with van der Waals surface area (Å²) in [5.74, 6) is -0.897. The van der Waals surface area contributed by atoms with Gasteiger partial charge in [0.15, 0.2) is 5.82 Å². The van der Waals surface area contributed by atoms with Crippen molar-refractivity contribution in [3.63, 3.8) is 0 Å². The van der Waals surface area contributed by atoms with Crippen molar-refractivity contribution in [2.24, 2.45) is 0 Å². The van der Waals surface area contributed by atoms with Crippen LogP contribution in [0.25, 0.3) is 32.9 Å². The summed E-state index contributed by atoms with van der Waals surface area (Å²) in [7, 11) is 0. The second-order valence-corrected chi connectivity index (χ2v) is 21.2. The topological polar surface area (TPSA) is 221 Å². The van der Waals surface area contributed by atoms with E-state index >= 15 is 8.78 Å². The summed E-state index contributed by atoms with van der Waals surface area (Å²) in [6, 6.07) is 12.1. The molecule has 6 aliphatic rings. The third-order valence-electron chi connectivity index (χ3n) is 16.1. The van der Waals surface area contributed by atoms with E-state index in [9.17, 15) is 29.1 Å². The van der Waals surface area contributed by atoms with Crippen LogP contribution in [0, 0.1) is 24.0 Å². The summed E-state index contributed by atoms with van der Waals surface area (Å²) in [5.41, 5.74) is 1.62. The third-order valence-corrected chi connectivity index (χ3v) is 16.1. The molecular weight excluding hydrogens is 991 g/mol. The lowest BCUT2D eigenvalue weighted by atomic mass is 9.94. The number of anilines is 2. The molecule has 20 heteroatoms. The minimum Gasteiger partial charge on any atom is -0.461 e. The molecule has 8 heterocycles. The zero-order valence-corrected chi connectivity index (χ0v) is 42.5. The fourth-order valence-electron chi connectivity index (χ4n) is 12.3. The number of rotatable bonds is 19. The average Bonchev–Trinajstić information content (AvgIpc) is 4.19. The molecule has 2 aromatic heterocycles. The van der Waals surface area contributed by atoms with Crippen molar-refractivity contribution in [3.8, 4) is 29.6 Å². The van der Waals surface area contributed by atoms with Crippen molar-refractivity contribution in [2.75, 3.05) is 49.6 Å². The minimum atomic E-state index is -1.17. The number of aliphatic hydroxyl groups excluding tert-OH is 1. The molecule has 6 aliphatic heterocycles. The Kier molecular flexibility index (Phi) is 14.5. The normalized spacial score (nSPS) is 23.4. The Bertz CT molecular complexity index is 3270. The van der Waals surface area contributed by atoms with E-state index in [0.717, 1.165) is 61.8 Å². The van der Waals surface area contributed by atoms with Crippen molar-refractivity contribution in [2.45, 2.75) is 120 Å². The summed E-state index contributed by atoms with van der Waals surface area (Å²) >= 11 is 0. The average molecular weight is 1050 g/mol. The quantitative estimate of drug-likeness (QED) is 0.0215. The number of terminal acetylenes is 1. The van der Waals surface area contributed by atoms with Crippen LogP contribution in [0.4, 0.5) is 20.3 Å². The number of benzene rings is 3. The number of piperazine rings is 1. The number of pyridine rings is 1. The molecule has 77 heavy (non-hydrogen) atoms. The molecule has 2 bridgehead atoms. The van der Waals surface area contributed by atoms with Crippen LogP contribution in [-0.4, -0.2) is 135 Å². The van der Waals surface area contributed by atoms with Gasteiger partial charge in [-0.05, 0) is 87.6 Å². The van der Waals surface area contributed by atoms with E-state index in [-0.39, 0.29) is 90.4 Å². The number of nitrogens with zero attached hydrogens (tertiary/aromatic N) is 6.